The molecule has 1 aromatic heterocycles. The number of nitrogens with one attached hydrogen (secondary N) is 2. The van der Waals surface area contributed by atoms with Crippen LogP contribution in [0.4, 0.5) is 4.39 Å². The Bertz CT molecular complexity index is 1520. The summed E-state index contributed by atoms with van der Waals surface area (Å²) in [5.41, 5.74) is 0.782. The van der Waals surface area contributed by atoms with E-state index in [-0.39, 0.29) is 34.4 Å². The number of ether oxygens (including phenoxy) is 1. The predicted molar refractivity (Wildman–Crippen MR) is 158 cm³/mol. The van der Waals surface area contributed by atoms with Crippen LogP contribution in [0.3, 0.4) is 0 Å². The van der Waals surface area contributed by atoms with Crippen LogP contribution < -0.4 is 15.4 Å². The van der Waals surface area contributed by atoms with Crippen LogP contribution in [0.1, 0.15) is 30.8 Å². The molecular formula is C29H30ClFN4O7S. The lowest BCUT2D eigenvalue weighted by atomic mass is 10.0. The predicted octanol–water partition coefficient (Wildman–Crippen LogP) is 4.12. The number of hydrogen-bond donors (Lipinski definition) is 3. The maximum absolute atomic E-state index is 14.0. The molecule has 0 saturated heterocycles. The Kier molecular flexibility index (Phi) is 11.8. The summed E-state index contributed by atoms with van der Waals surface area (Å²) < 4.78 is 24.6. The molecule has 43 heavy (non-hydrogen) atoms. The van der Waals surface area contributed by atoms with Crippen molar-refractivity contribution in [1.29, 1.82) is 0 Å². The maximum Gasteiger partial charge on any atom is 0.330 e. The van der Waals surface area contributed by atoms with Gasteiger partial charge in [-0.25, -0.2) is 9.18 Å². The Morgan fingerprint density at radius 1 is 1.21 bits per heavy atom. The van der Waals surface area contributed by atoms with Crippen LogP contribution in [-0.4, -0.2) is 57.7 Å². The highest BCUT2D eigenvalue weighted by Gasteiger charge is 2.27. The van der Waals surface area contributed by atoms with Crippen molar-refractivity contribution in [2.24, 2.45) is 5.92 Å². The first-order valence-corrected chi connectivity index (χ1v) is 14.5. The van der Waals surface area contributed by atoms with Gasteiger partial charge in [0, 0.05) is 27.5 Å². The van der Waals surface area contributed by atoms with E-state index in [9.17, 15) is 28.7 Å². The van der Waals surface area contributed by atoms with Crippen LogP contribution >= 0.6 is 23.4 Å². The number of benzene rings is 2. The molecule has 3 aromatic rings. The standard InChI is InChI=1S/C29H30ClFN4O7S/c1-15(2)27(34-25(37)11-18-10-17(8-9-24(18)41-4)29-32-16(3)35-42-29)28(40)33-22(12-26(38)39)23(36)14-43-13-19-20(30)6-5-7-21(19)31/h5-10,12,15,27H,11,13-14H2,1-4H3,(H,33,40)(H,34,37)(H,38,39)/b22-12+/t27-/m0/s1. The summed E-state index contributed by atoms with van der Waals surface area (Å²) in [5, 5.41) is 18.2. The van der Waals surface area contributed by atoms with Gasteiger partial charge in [0.25, 0.3) is 5.89 Å². The highest BCUT2D eigenvalue weighted by atomic mass is 35.5. The average Bonchev–Trinajstić information content (AvgIpc) is 3.38. The van der Waals surface area contributed by atoms with Crippen LogP contribution in [0.25, 0.3) is 11.5 Å². The molecule has 0 unspecified atom stereocenters. The van der Waals surface area contributed by atoms with Crippen molar-refractivity contribution < 1.29 is 37.9 Å². The summed E-state index contributed by atoms with van der Waals surface area (Å²) in [6.45, 7) is 5.04. The molecule has 14 heteroatoms. The largest absolute Gasteiger partial charge is 0.496 e. The van der Waals surface area contributed by atoms with Gasteiger partial charge in [0.1, 0.15) is 17.6 Å². The SMILES string of the molecule is COc1ccc(-c2nc(C)no2)cc1CC(=O)N[C@H](C(=O)N/C(=C/C(=O)O)C(=O)CSCc1c(F)cccc1Cl)C(C)C. The molecule has 0 radical (unpaired) electrons. The number of hydrogen-bond acceptors (Lipinski definition) is 9. The molecule has 2 aromatic carbocycles. The number of ketones is 1. The topological polar surface area (TPSA) is 161 Å². The average molecular weight is 633 g/mol. The van der Waals surface area contributed by atoms with Crippen LogP contribution in [0, 0.1) is 18.7 Å². The fourth-order valence-corrected chi connectivity index (χ4v) is 5.16. The molecule has 0 aliphatic rings. The lowest BCUT2D eigenvalue weighted by Crippen LogP contribution is -2.50. The highest BCUT2D eigenvalue weighted by Crippen LogP contribution is 2.27. The van der Waals surface area contributed by atoms with Gasteiger partial charge in [-0.3, -0.25) is 14.4 Å². The monoisotopic (exact) mass is 632 g/mol. The van der Waals surface area contributed by atoms with Gasteiger partial charge >= 0.3 is 5.97 Å². The van der Waals surface area contributed by atoms with Crippen LogP contribution in [0.5, 0.6) is 5.75 Å². The van der Waals surface area contributed by atoms with E-state index in [0.717, 1.165) is 11.8 Å². The molecule has 0 fully saturated rings. The van der Waals surface area contributed by atoms with Gasteiger partial charge in [0.05, 0.1) is 31.1 Å². The van der Waals surface area contributed by atoms with Gasteiger partial charge < -0.3 is 25.0 Å². The summed E-state index contributed by atoms with van der Waals surface area (Å²) in [6.07, 6.45) is 0.401. The van der Waals surface area contributed by atoms with Crippen LogP contribution in [-0.2, 0) is 31.4 Å². The number of carboxylic acid groups (broad SMARTS) is 1. The van der Waals surface area contributed by atoms with Crippen molar-refractivity contribution in [3.63, 3.8) is 0 Å². The lowest BCUT2D eigenvalue weighted by molar-refractivity contribution is -0.132. The molecule has 3 N–H and O–H groups in total. The molecule has 0 bridgehead atoms. The number of amides is 2. The van der Waals surface area contributed by atoms with Gasteiger partial charge in [-0.15, -0.1) is 11.8 Å². The van der Waals surface area contributed by atoms with Crippen molar-refractivity contribution in [3.05, 3.63) is 76.0 Å². The van der Waals surface area contributed by atoms with Gasteiger partial charge in [-0.1, -0.05) is 36.7 Å². The van der Waals surface area contributed by atoms with Gasteiger partial charge in [0.15, 0.2) is 11.6 Å². The number of methoxy groups -OCH3 is 1. The summed E-state index contributed by atoms with van der Waals surface area (Å²) in [6, 6.07) is 8.10. The zero-order valence-corrected chi connectivity index (χ0v) is 25.3. The number of nitrogens with zero attached hydrogens (tertiary/aromatic N) is 2. The van der Waals surface area contributed by atoms with Crippen molar-refractivity contribution in [3.8, 4) is 17.2 Å². The number of Topliss-reactive ketones (excluding diaryl/α,β-unsaturated/α-hetero) is 1. The molecule has 0 aliphatic carbocycles. The minimum absolute atomic E-state index is 0.0486. The highest BCUT2D eigenvalue weighted by molar-refractivity contribution is 7.99. The van der Waals surface area contributed by atoms with E-state index in [4.69, 9.17) is 20.9 Å². The quantitative estimate of drug-likeness (QED) is 0.221. The van der Waals surface area contributed by atoms with Crippen LogP contribution in [0.2, 0.25) is 5.02 Å². The summed E-state index contributed by atoms with van der Waals surface area (Å²) in [7, 11) is 1.45. The zero-order valence-electron chi connectivity index (χ0n) is 23.8. The van der Waals surface area contributed by atoms with E-state index in [2.05, 4.69) is 20.8 Å². The molecule has 11 nitrogen and oxygen atoms in total. The normalized spacial score (nSPS) is 12.1. The van der Waals surface area contributed by atoms with Crippen molar-refractivity contribution in [2.45, 2.75) is 39.0 Å². The third kappa shape index (κ3) is 9.38. The summed E-state index contributed by atoms with van der Waals surface area (Å²) >= 11 is 7.02. The fourth-order valence-electron chi connectivity index (χ4n) is 3.91. The van der Waals surface area contributed by atoms with E-state index < -0.39 is 47.0 Å². The van der Waals surface area contributed by atoms with Crippen molar-refractivity contribution in [2.75, 3.05) is 12.9 Å². The Balaban J connectivity index is 1.69. The number of allylic oxidation sites excluding steroid dienone is 1. The molecule has 228 valence electrons. The number of rotatable bonds is 14. The number of aliphatic carboxylic acids is 1. The Hall–Kier alpha value is -4.23. The number of carbonyl (C=O) groups is 4. The molecule has 0 saturated carbocycles. The number of thioether (sulfide) groups is 1. The first-order chi connectivity index (χ1) is 20.4. The van der Waals surface area contributed by atoms with E-state index >= 15 is 0 Å². The molecule has 0 aliphatic heterocycles. The number of carboxylic acids is 1. The third-order valence-electron chi connectivity index (χ3n) is 6.04. The summed E-state index contributed by atoms with van der Waals surface area (Å²) in [4.78, 5) is 54.7. The fraction of sp³-hybridized carbons (Fsp3) is 0.310. The molecular weight excluding hydrogens is 603 g/mol. The van der Waals surface area contributed by atoms with Gasteiger partial charge in [0.2, 0.25) is 11.8 Å². The minimum atomic E-state index is -1.46. The van der Waals surface area contributed by atoms with E-state index in [1.807, 2.05) is 0 Å². The maximum atomic E-state index is 14.0. The minimum Gasteiger partial charge on any atom is -0.496 e. The van der Waals surface area contributed by atoms with Crippen LogP contribution in [0.15, 0.2) is 52.7 Å². The zero-order chi connectivity index (χ0) is 31.7. The number of carbonyl (C=O) groups excluding carboxylic acids is 3. The van der Waals surface area contributed by atoms with Gasteiger partial charge in [-0.05, 0) is 43.2 Å². The lowest BCUT2D eigenvalue weighted by Gasteiger charge is -2.22. The second-order valence-corrected chi connectivity index (χ2v) is 11.0. The Morgan fingerprint density at radius 3 is 2.56 bits per heavy atom. The Labute approximate surface area is 256 Å². The van der Waals surface area contributed by atoms with Crippen molar-refractivity contribution in [1.82, 2.24) is 20.8 Å². The molecule has 2 amide bonds. The second kappa shape index (κ2) is 15.3. The molecule has 0 spiro atoms. The van der Waals surface area contributed by atoms with E-state index in [0.29, 0.717) is 28.8 Å². The number of aryl methyl sites for hydroxylation is 1. The molecule has 1 atom stereocenters. The van der Waals surface area contributed by atoms with E-state index in [1.165, 1.54) is 25.3 Å². The number of aromatic nitrogens is 2. The molecule has 1 heterocycles. The summed E-state index contributed by atoms with van der Waals surface area (Å²) in [5.74, 6) is -3.54. The second-order valence-electron chi connectivity index (χ2n) is 9.64. The number of halogens is 2. The smallest absolute Gasteiger partial charge is 0.330 e. The van der Waals surface area contributed by atoms with Crippen molar-refractivity contribution >= 4 is 46.9 Å². The molecule has 3 rings (SSSR count). The van der Waals surface area contributed by atoms with E-state index in [1.54, 1.807) is 39.0 Å². The third-order valence-corrected chi connectivity index (χ3v) is 7.35. The van der Waals surface area contributed by atoms with Gasteiger partial charge in [-0.2, -0.15) is 4.98 Å². The Morgan fingerprint density at radius 2 is 1.95 bits per heavy atom. The first-order valence-electron chi connectivity index (χ1n) is 13.0. The first kappa shape index (κ1) is 33.3.